The summed E-state index contributed by atoms with van der Waals surface area (Å²) in [4.78, 5) is 19.2. The number of benzene rings is 1. The van der Waals surface area contributed by atoms with Crippen molar-refractivity contribution in [2.24, 2.45) is 14.1 Å². The molecule has 0 radical (unpaired) electrons. The fraction of sp³-hybridized carbons (Fsp3) is 0.391. The van der Waals surface area contributed by atoms with Crippen LogP contribution in [0.15, 0.2) is 30.6 Å². The molecule has 0 atom stereocenters. The molecule has 1 N–H and O–H groups in total. The molecule has 3 aromatic heterocycles. The number of rotatable bonds is 3. The van der Waals surface area contributed by atoms with Crippen LogP contribution in [-0.4, -0.2) is 53.6 Å². The van der Waals surface area contributed by atoms with Crippen LogP contribution in [0, 0.1) is 0 Å². The van der Waals surface area contributed by atoms with Crippen molar-refractivity contribution >= 4 is 16.9 Å². The normalized spacial score (nSPS) is 13.8. The quantitative estimate of drug-likeness (QED) is 0.539. The predicted molar refractivity (Wildman–Crippen MR) is 123 cm³/mol. The van der Waals surface area contributed by atoms with E-state index >= 15 is 0 Å². The van der Waals surface area contributed by atoms with Crippen LogP contribution in [0.4, 0.5) is 4.79 Å². The van der Waals surface area contributed by atoms with Crippen LogP contribution >= 0.6 is 0 Å². The summed E-state index contributed by atoms with van der Waals surface area (Å²) in [5.41, 5.74) is 5.99. The third-order valence-corrected chi connectivity index (χ3v) is 6.16. The molecule has 9 nitrogen and oxygen atoms in total. The second-order valence-electron chi connectivity index (χ2n) is 8.66. The number of urea groups is 1. The van der Waals surface area contributed by atoms with Crippen molar-refractivity contribution in [1.29, 1.82) is 0 Å². The number of aromatic nitrogens is 6. The van der Waals surface area contributed by atoms with Crippen LogP contribution < -0.4 is 5.32 Å². The Morgan fingerprint density at radius 3 is 2.62 bits per heavy atom. The first kappa shape index (κ1) is 20.3. The molecule has 1 aromatic carbocycles. The zero-order valence-electron chi connectivity index (χ0n) is 19.1. The molecule has 9 heteroatoms. The number of amides is 2. The number of hydrogen-bond donors (Lipinski definition) is 1. The van der Waals surface area contributed by atoms with Gasteiger partial charge in [0, 0.05) is 62.9 Å². The van der Waals surface area contributed by atoms with Gasteiger partial charge in [0.05, 0.1) is 29.6 Å². The van der Waals surface area contributed by atoms with E-state index in [0.29, 0.717) is 19.0 Å². The predicted octanol–water partition coefficient (Wildman–Crippen LogP) is 3.12. The van der Waals surface area contributed by atoms with Crippen molar-refractivity contribution in [2.45, 2.75) is 32.9 Å². The van der Waals surface area contributed by atoms with Crippen LogP contribution in [0.5, 0.6) is 0 Å². The van der Waals surface area contributed by atoms with Crippen LogP contribution in [-0.2, 0) is 27.2 Å². The molecule has 1 aliphatic rings. The van der Waals surface area contributed by atoms with E-state index in [0.717, 1.165) is 51.5 Å². The molecule has 0 fully saturated rings. The highest BCUT2D eigenvalue weighted by Crippen LogP contribution is 2.35. The van der Waals surface area contributed by atoms with Gasteiger partial charge in [0.2, 0.25) is 0 Å². The minimum atomic E-state index is -0.0592. The summed E-state index contributed by atoms with van der Waals surface area (Å²) in [5.74, 6) is 1.35. The van der Waals surface area contributed by atoms with Gasteiger partial charge in [-0.05, 0) is 12.1 Å². The number of imidazole rings is 1. The number of hydrogen-bond acceptors (Lipinski definition) is 4. The summed E-state index contributed by atoms with van der Waals surface area (Å²) >= 11 is 0. The molecule has 0 bridgehead atoms. The molecule has 0 aliphatic carbocycles. The Balaban J connectivity index is 1.66. The fourth-order valence-electron chi connectivity index (χ4n) is 4.57. The Kier molecular flexibility index (Phi) is 4.76. The zero-order valence-corrected chi connectivity index (χ0v) is 19.1. The maximum Gasteiger partial charge on any atom is 0.317 e. The number of nitrogens with one attached hydrogen (secondary N) is 1. The Morgan fingerprint density at radius 1 is 1.12 bits per heavy atom. The van der Waals surface area contributed by atoms with E-state index in [9.17, 15) is 4.79 Å². The second kappa shape index (κ2) is 7.51. The van der Waals surface area contributed by atoms with Crippen LogP contribution in [0.2, 0.25) is 0 Å². The molecular weight excluding hydrogens is 404 g/mol. The van der Waals surface area contributed by atoms with Crippen molar-refractivity contribution in [3.05, 3.63) is 42.1 Å². The van der Waals surface area contributed by atoms with E-state index in [1.807, 2.05) is 36.1 Å². The highest BCUT2D eigenvalue weighted by atomic mass is 16.2. The molecule has 4 heterocycles. The van der Waals surface area contributed by atoms with Gasteiger partial charge in [0.25, 0.3) is 0 Å². The molecule has 0 spiro atoms. The molecule has 0 saturated heterocycles. The van der Waals surface area contributed by atoms with Crippen molar-refractivity contribution in [2.75, 3.05) is 13.6 Å². The van der Waals surface area contributed by atoms with Gasteiger partial charge >= 0.3 is 6.03 Å². The number of carbonyl (C=O) groups is 1. The second-order valence-corrected chi connectivity index (χ2v) is 8.66. The monoisotopic (exact) mass is 432 g/mol. The molecule has 0 unspecified atom stereocenters. The summed E-state index contributed by atoms with van der Waals surface area (Å²) in [6.45, 7) is 6.29. The highest BCUT2D eigenvalue weighted by molar-refractivity contribution is 5.95. The molecule has 2 amide bonds. The lowest BCUT2D eigenvalue weighted by atomic mass is 10.0. The smallest absolute Gasteiger partial charge is 0.317 e. The number of nitrogens with zero attached hydrogens (tertiary/aromatic N) is 7. The Bertz CT molecular complexity index is 1330. The van der Waals surface area contributed by atoms with Crippen molar-refractivity contribution in [3.8, 4) is 22.5 Å². The van der Waals surface area contributed by atoms with E-state index in [-0.39, 0.29) is 6.03 Å². The number of carbonyl (C=O) groups excluding carboxylic acids is 1. The Hall–Kier alpha value is -3.62. The molecule has 4 aromatic rings. The molecule has 1 aliphatic heterocycles. The molecular formula is C23H28N8O. The standard InChI is InChI=1S/C23H28N8O/c1-14(2)22-26-21(19-13-30(23(32)24-3)8-9-31(19)22)15-6-7-18-17(10-15)20(27-29(18)5)16-11-25-28(4)12-16/h6-7,10-12,14H,8-9,13H2,1-5H3,(H,24,32). The van der Waals surface area contributed by atoms with E-state index in [1.54, 1.807) is 11.7 Å². The largest absolute Gasteiger partial charge is 0.341 e. The topological polar surface area (TPSA) is 85.8 Å². The Labute approximate surface area is 186 Å². The van der Waals surface area contributed by atoms with Crippen LogP contribution in [0.3, 0.4) is 0 Å². The number of aryl methyl sites for hydroxylation is 2. The first-order chi connectivity index (χ1) is 15.4. The summed E-state index contributed by atoms with van der Waals surface area (Å²) in [7, 11) is 5.53. The molecule has 5 rings (SSSR count). The minimum absolute atomic E-state index is 0.0592. The third kappa shape index (κ3) is 3.16. The van der Waals surface area contributed by atoms with Gasteiger partial charge < -0.3 is 14.8 Å². The van der Waals surface area contributed by atoms with Gasteiger partial charge in [0.15, 0.2) is 0 Å². The van der Waals surface area contributed by atoms with Crippen molar-refractivity contribution in [1.82, 2.24) is 39.3 Å². The lowest BCUT2D eigenvalue weighted by Crippen LogP contribution is -2.43. The summed E-state index contributed by atoms with van der Waals surface area (Å²) in [6.07, 6.45) is 3.82. The molecule has 0 saturated carbocycles. The SMILES string of the molecule is CNC(=O)N1CCn2c(C(C)C)nc(-c3ccc4c(c3)c(-c3cnn(C)c3)nn4C)c2C1. The zero-order chi connectivity index (χ0) is 22.6. The summed E-state index contributed by atoms with van der Waals surface area (Å²) in [5, 5.41) is 12.9. The molecule has 166 valence electrons. The average molecular weight is 433 g/mol. The third-order valence-electron chi connectivity index (χ3n) is 6.16. The van der Waals surface area contributed by atoms with E-state index < -0.39 is 0 Å². The number of fused-ring (bicyclic) bond motifs is 2. The van der Waals surface area contributed by atoms with Gasteiger partial charge in [-0.25, -0.2) is 9.78 Å². The maximum atomic E-state index is 12.3. The fourth-order valence-corrected chi connectivity index (χ4v) is 4.57. The van der Waals surface area contributed by atoms with Crippen LogP contribution in [0.1, 0.15) is 31.3 Å². The highest BCUT2D eigenvalue weighted by Gasteiger charge is 2.28. The van der Waals surface area contributed by atoms with Crippen LogP contribution in [0.25, 0.3) is 33.4 Å². The van der Waals surface area contributed by atoms with Gasteiger partial charge in [-0.15, -0.1) is 0 Å². The van der Waals surface area contributed by atoms with Crippen molar-refractivity contribution in [3.63, 3.8) is 0 Å². The minimum Gasteiger partial charge on any atom is -0.341 e. The summed E-state index contributed by atoms with van der Waals surface area (Å²) < 4.78 is 5.97. The molecule has 32 heavy (non-hydrogen) atoms. The maximum absolute atomic E-state index is 12.3. The van der Waals surface area contributed by atoms with Crippen molar-refractivity contribution < 1.29 is 4.79 Å². The van der Waals surface area contributed by atoms with E-state index in [2.05, 4.69) is 47.0 Å². The lowest BCUT2D eigenvalue weighted by Gasteiger charge is -2.29. The average Bonchev–Trinajstić information content (AvgIpc) is 3.47. The van der Waals surface area contributed by atoms with Gasteiger partial charge in [-0.3, -0.25) is 9.36 Å². The van der Waals surface area contributed by atoms with E-state index in [1.165, 1.54) is 0 Å². The first-order valence-electron chi connectivity index (χ1n) is 10.9. The van der Waals surface area contributed by atoms with Gasteiger partial charge in [-0.1, -0.05) is 19.9 Å². The van der Waals surface area contributed by atoms with Gasteiger partial charge in [0.1, 0.15) is 11.5 Å². The Morgan fingerprint density at radius 2 is 1.94 bits per heavy atom. The van der Waals surface area contributed by atoms with Gasteiger partial charge in [-0.2, -0.15) is 10.2 Å². The summed E-state index contributed by atoms with van der Waals surface area (Å²) in [6, 6.07) is 6.30. The van der Waals surface area contributed by atoms with E-state index in [4.69, 9.17) is 10.1 Å². The first-order valence-corrected chi connectivity index (χ1v) is 10.9. The lowest BCUT2D eigenvalue weighted by molar-refractivity contribution is 0.185.